The van der Waals surface area contributed by atoms with Crippen LogP contribution < -0.4 is 0 Å². The summed E-state index contributed by atoms with van der Waals surface area (Å²) < 4.78 is 0. The molecule has 0 radical (unpaired) electrons. The van der Waals surface area contributed by atoms with Gasteiger partial charge in [0.2, 0.25) is 0 Å². The van der Waals surface area contributed by atoms with Crippen LogP contribution in [0, 0.1) is 11.3 Å². The van der Waals surface area contributed by atoms with E-state index in [4.69, 9.17) is 5.26 Å². The Balaban J connectivity index is 1.75. The van der Waals surface area contributed by atoms with Gasteiger partial charge in [-0.05, 0) is 31.2 Å². The topological polar surface area (TPSA) is 27.0 Å². The van der Waals surface area contributed by atoms with Gasteiger partial charge in [-0.1, -0.05) is 30.3 Å². The van der Waals surface area contributed by atoms with Crippen molar-refractivity contribution in [1.29, 1.82) is 5.26 Å². The fourth-order valence-corrected chi connectivity index (χ4v) is 3.06. The second-order valence-electron chi connectivity index (χ2n) is 5.04. The molecule has 0 bridgehead atoms. The maximum atomic E-state index is 9.09. The molecular formula is C14H16N2. The zero-order valence-corrected chi connectivity index (χ0v) is 9.39. The van der Waals surface area contributed by atoms with Crippen molar-refractivity contribution in [3.63, 3.8) is 0 Å². The van der Waals surface area contributed by atoms with E-state index < -0.39 is 0 Å². The Morgan fingerprint density at radius 1 is 1.31 bits per heavy atom. The van der Waals surface area contributed by atoms with Crippen LogP contribution in [0.5, 0.6) is 0 Å². The van der Waals surface area contributed by atoms with Crippen LogP contribution in [0.3, 0.4) is 0 Å². The molecule has 1 saturated carbocycles. The number of rotatable bonds is 2. The molecule has 0 aromatic heterocycles. The van der Waals surface area contributed by atoms with E-state index in [0.717, 1.165) is 13.0 Å². The van der Waals surface area contributed by atoms with Gasteiger partial charge in [0.15, 0.2) is 0 Å². The number of likely N-dealkylation sites (tertiary alicyclic amines) is 1. The molecule has 16 heavy (non-hydrogen) atoms. The van der Waals surface area contributed by atoms with Gasteiger partial charge in [0, 0.05) is 12.1 Å². The Kier molecular flexibility index (Phi) is 2.22. The van der Waals surface area contributed by atoms with E-state index in [1.165, 1.54) is 24.8 Å². The first-order chi connectivity index (χ1) is 7.84. The highest BCUT2D eigenvalue weighted by Gasteiger charge is 2.54. The first-order valence-electron chi connectivity index (χ1n) is 6.04. The van der Waals surface area contributed by atoms with Crippen LogP contribution in [-0.4, -0.2) is 16.5 Å². The predicted molar refractivity (Wildman–Crippen MR) is 62.6 cm³/mol. The summed E-state index contributed by atoms with van der Waals surface area (Å²) in [4.78, 5) is 2.41. The highest BCUT2D eigenvalue weighted by atomic mass is 15.3. The maximum absolute atomic E-state index is 9.09. The van der Waals surface area contributed by atoms with Crippen LogP contribution >= 0.6 is 0 Å². The largest absolute Gasteiger partial charge is 0.278 e. The van der Waals surface area contributed by atoms with Gasteiger partial charge in [-0.2, -0.15) is 5.26 Å². The third-order valence-electron chi connectivity index (χ3n) is 4.19. The molecule has 1 atom stereocenters. The van der Waals surface area contributed by atoms with Gasteiger partial charge in [-0.3, -0.25) is 4.90 Å². The van der Waals surface area contributed by atoms with Gasteiger partial charge in [0.25, 0.3) is 0 Å². The van der Waals surface area contributed by atoms with Crippen LogP contribution in [0.25, 0.3) is 0 Å². The van der Waals surface area contributed by atoms with E-state index in [0.29, 0.717) is 5.54 Å². The quantitative estimate of drug-likeness (QED) is 0.753. The number of benzene rings is 1. The monoisotopic (exact) mass is 212 g/mol. The molecular weight excluding hydrogens is 196 g/mol. The third-order valence-corrected chi connectivity index (χ3v) is 4.19. The van der Waals surface area contributed by atoms with Gasteiger partial charge < -0.3 is 0 Å². The summed E-state index contributed by atoms with van der Waals surface area (Å²) in [6.45, 7) is 0.944. The highest BCUT2D eigenvalue weighted by molar-refractivity contribution is 5.21. The summed E-state index contributed by atoms with van der Waals surface area (Å²) >= 11 is 0. The molecule has 3 rings (SSSR count). The third kappa shape index (κ3) is 1.36. The number of nitrogens with zero attached hydrogens (tertiary/aromatic N) is 2. The average Bonchev–Trinajstić information content (AvgIpc) is 2.25. The normalized spacial score (nSPS) is 26.8. The molecule has 1 aliphatic carbocycles. The van der Waals surface area contributed by atoms with E-state index in [9.17, 15) is 0 Å². The number of hydrogen-bond acceptors (Lipinski definition) is 2. The Labute approximate surface area is 96.5 Å². The van der Waals surface area contributed by atoms with Crippen LogP contribution in [-0.2, 0) is 6.54 Å². The van der Waals surface area contributed by atoms with E-state index in [2.05, 4.69) is 35.2 Å². The molecule has 82 valence electrons. The standard InChI is InChI=1S/C14H16N2/c15-10-13-9-14(7-4-8-14)16(13)11-12-5-2-1-3-6-12/h1-3,5-6,13H,4,7-9,11H2. The van der Waals surface area contributed by atoms with Crippen LogP contribution in [0.1, 0.15) is 31.2 Å². The molecule has 1 unspecified atom stereocenters. The minimum atomic E-state index is 0.153. The van der Waals surface area contributed by atoms with Gasteiger partial charge in [-0.15, -0.1) is 0 Å². The summed E-state index contributed by atoms with van der Waals surface area (Å²) in [5.41, 5.74) is 1.73. The van der Waals surface area contributed by atoms with Crippen molar-refractivity contribution in [2.45, 2.75) is 43.8 Å². The van der Waals surface area contributed by atoms with Crippen molar-refractivity contribution >= 4 is 0 Å². The van der Waals surface area contributed by atoms with Gasteiger partial charge in [-0.25, -0.2) is 0 Å². The van der Waals surface area contributed by atoms with E-state index in [-0.39, 0.29) is 6.04 Å². The lowest BCUT2D eigenvalue weighted by Crippen LogP contribution is -2.68. The SMILES string of the molecule is N#CC1CC2(CCC2)N1Cc1ccccc1. The van der Waals surface area contributed by atoms with E-state index in [1.807, 2.05) is 6.07 Å². The van der Waals surface area contributed by atoms with Gasteiger partial charge >= 0.3 is 0 Å². The summed E-state index contributed by atoms with van der Waals surface area (Å²) in [5.74, 6) is 0. The second-order valence-corrected chi connectivity index (χ2v) is 5.04. The molecule has 1 heterocycles. The van der Waals surface area contributed by atoms with Crippen LogP contribution in [0.2, 0.25) is 0 Å². The highest BCUT2D eigenvalue weighted by Crippen LogP contribution is 2.51. The van der Waals surface area contributed by atoms with Crippen molar-refractivity contribution in [2.24, 2.45) is 0 Å². The van der Waals surface area contributed by atoms with Crippen molar-refractivity contribution in [3.8, 4) is 6.07 Å². The Morgan fingerprint density at radius 2 is 2.06 bits per heavy atom. The lowest BCUT2D eigenvalue weighted by atomic mass is 9.64. The number of nitriles is 1. The maximum Gasteiger partial charge on any atom is 0.100 e. The molecule has 2 heteroatoms. The van der Waals surface area contributed by atoms with Crippen molar-refractivity contribution in [1.82, 2.24) is 4.90 Å². The summed E-state index contributed by atoms with van der Waals surface area (Å²) in [7, 11) is 0. The second kappa shape index (κ2) is 3.61. The zero-order chi connectivity index (χ0) is 11.0. The molecule has 0 amide bonds. The minimum Gasteiger partial charge on any atom is -0.278 e. The lowest BCUT2D eigenvalue weighted by molar-refractivity contribution is -0.108. The molecule has 1 aromatic rings. The van der Waals surface area contributed by atoms with E-state index >= 15 is 0 Å². The first-order valence-corrected chi connectivity index (χ1v) is 6.04. The predicted octanol–water partition coefficient (Wildman–Crippen LogP) is 2.71. The minimum absolute atomic E-state index is 0.153. The fourth-order valence-electron chi connectivity index (χ4n) is 3.06. The molecule has 2 fully saturated rings. The molecule has 1 aliphatic heterocycles. The smallest absolute Gasteiger partial charge is 0.100 e. The molecule has 1 saturated heterocycles. The Morgan fingerprint density at radius 3 is 2.62 bits per heavy atom. The molecule has 1 aromatic carbocycles. The van der Waals surface area contributed by atoms with Gasteiger partial charge in [0.1, 0.15) is 6.04 Å². The zero-order valence-electron chi connectivity index (χ0n) is 9.39. The Bertz CT molecular complexity index is 414. The fraction of sp³-hybridized carbons (Fsp3) is 0.500. The summed E-state index contributed by atoms with van der Waals surface area (Å²) in [6, 6.07) is 13.1. The molecule has 2 nitrogen and oxygen atoms in total. The Hall–Kier alpha value is -1.33. The average molecular weight is 212 g/mol. The van der Waals surface area contributed by atoms with Crippen molar-refractivity contribution in [3.05, 3.63) is 35.9 Å². The molecule has 1 spiro atoms. The van der Waals surface area contributed by atoms with Crippen molar-refractivity contribution in [2.75, 3.05) is 0 Å². The first kappa shape index (κ1) is 9.86. The summed E-state index contributed by atoms with van der Waals surface area (Å²) in [5, 5.41) is 9.09. The lowest BCUT2D eigenvalue weighted by Gasteiger charge is -2.61. The van der Waals surface area contributed by atoms with Crippen LogP contribution in [0.4, 0.5) is 0 Å². The van der Waals surface area contributed by atoms with E-state index in [1.54, 1.807) is 0 Å². The molecule has 2 aliphatic rings. The number of hydrogen-bond donors (Lipinski definition) is 0. The van der Waals surface area contributed by atoms with Crippen LogP contribution in [0.15, 0.2) is 30.3 Å². The molecule has 0 N–H and O–H groups in total. The van der Waals surface area contributed by atoms with Gasteiger partial charge in [0.05, 0.1) is 6.07 Å². The van der Waals surface area contributed by atoms with Crippen molar-refractivity contribution < 1.29 is 0 Å². The summed E-state index contributed by atoms with van der Waals surface area (Å²) in [6.07, 6.45) is 5.01.